The smallest absolute Gasteiger partial charge is 0.240 e. The first-order chi connectivity index (χ1) is 6.79. The van der Waals surface area contributed by atoms with E-state index in [0.717, 1.165) is 0 Å². The Balaban J connectivity index is 2.24. The van der Waals surface area contributed by atoms with Gasteiger partial charge in [-0.05, 0) is 7.05 Å². The van der Waals surface area contributed by atoms with Crippen molar-refractivity contribution in [2.45, 2.75) is 13.5 Å². The van der Waals surface area contributed by atoms with E-state index in [9.17, 15) is 0 Å². The minimum absolute atomic E-state index is 0.451. The first-order valence-corrected chi connectivity index (χ1v) is 4.19. The number of aryl methyl sites for hydroxylation is 1. The molecule has 2 aromatic heterocycles. The Kier molecular flexibility index (Phi) is 2.28. The van der Waals surface area contributed by atoms with Gasteiger partial charge < -0.3 is 14.3 Å². The summed E-state index contributed by atoms with van der Waals surface area (Å²) in [7, 11) is 1.81. The topological polar surface area (TPSA) is 77.0 Å². The van der Waals surface area contributed by atoms with Crippen LogP contribution in [0.25, 0.3) is 11.5 Å². The molecule has 0 radical (unpaired) electrons. The van der Waals surface area contributed by atoms with Crippen LogP contribution in [-0.4, -0.2) is 22.2 Å². The SMILES string of the molecule is CNCc1nc(-c2coc(C)n2)no1. The summed E-state index contributed by atoms with van der Waals surface area (Å²) in [4.78, 5) is 8.20. The van der Waals surface area contributed by atoms with E-state index in [2.05, 4.69) is 20.4 Å². The molecule has 0 fully saturated rings. The maximum Gasteiger partial charge on any atom is 0.240 e. The van der Waals surface area contributed by atoms with Gasteiger partial charge in [0.05, 0.1) is 6.54 Å². The highest BCUT2D eigenvalue weighted by atomic mass is 16.5. The predicted octanol–water partition coefficient (Wildman–Crippen LogP) is 0.752. The van der Waals surface area contributed by atoms with Crippen LogP contribution in [-0.2, 0) is 6.54 Å². The van der Waals surface area contributed by atoms with Crippen molar-refractivity contribution in [3.05, 3.63) is 18.0 Å². The lowest BCUT2D eigenvalue weighted by molar-refractivity contribution is 0.372. The zero-order valence-electron chi connectivity index (χ0n) is 7.94. The van der Waals surface area contributed by atoms with Crippen LogP contribution in [0.1, 0.15) is 11.8 Å². The summed E-state index contributed by atoms with van der Waals surface area (Å²) in [6.45, 7) is 2.31. The molecule has 6 heteroatoms. The summed E-state index contributed by atoms with van der Waals surface area (Å²) in [5.41, 5.74) is 0.591. The molecule has 0 bridgehead atoms. The van der Waals surface area contributed by atoms with E-state index < -0.39 is 0 Å². The zero-order valence-corrected chi connectivity index (χ0v) is 7.94. The van der Waals surface area contributed by atoms with E-state index in [1.165, 1.54) is 6.26 Å². The van der Waals surface area contributed by atoms with Gasteiger partial charge in [-0.15, -0.1) is 0 Å². The third-order valence-electron chi connectivity index (χ3n) is 1.64. The average Bonchev–Trinajstić information content (AvgIpc) is 2.74. The van der Waals surface area contributed by atoms with Crippen LogP contribution in [0.15, 0.2) is 15.2 Å². The lowest BCUT2D eigenvalue weighted by Crippen LogP contribution is -2.04. The molecule has 2 heterocycles. The Morgan fingerprint density at radius 1 is 1.43 bits per heavy atom. The number of nitrogens with zero attached hydrogens (tertiary/aromatic N) is 3. The number of nitrogens with one attached hydrogen (secondary N) is 1. The number of hydrogen-bond donors (Lipinski definition) is 1. The molecule has 74 valence electrons. The lowest BCUT2D eigenvalue weighted by atomic mass is 10.4. The Hall–Kier alpha value is -1.69. The number of oxazole rings is 1. The van der Waals surface area contributed by atoms with Crippen LogP contribution in [0.2, 0.25) is 0 Å². The van der Waals surface area contributed by atoms with Crippen molar-refractivity contribution in [2.75, 3.05) is 7.05 Å². The first kappa shape index (κ1) is 8.89. The number of rotatable bonds is 3. The second-order valence-electron chi connectivity index (χ2n) is 2.79. The Labute approximate surface area is 80.3 Å². The van der Waals surface area contributed by atoms with Crippen LogP contribution < -0.4 is 5.32 Å². The third kappa shape index (κ3) is 1.64. The third-order valence-corrected chi connectivity index (χ3v) is 1.64. The van der Waals surface area contributed by atoms with E-state index in [4.69, 9.17) is 8.94 Å². The average molecular weight is 194 g/mol. The van der Waals surface area contributed by atoms with E-state index in [0.29, 0.717) is 29.8 Å². The molecule has 0 aromatic carbocycles. The molecule has 0 saturated carbocycles. The Bertz CT molecular complexity index is 420. The van der Waals surface area contributed by atoms with Gasteiger partial charge in [0.1, 0.15) is 12.0 Å². The molecule has 6 nitrogen and oxygen atoms in total. The van der Waals surface area contributed by atoms with Crippen molar-refractivity contribution in [1.29, 1.82) is 0 Å². The molecule has 1 N–H and O–H groups in total. The maximum atomic E-state index is 5.04. The fourth-order valence-electron chi connectivity index (χ4n) is 1.05. The molecular weight excluding hydrogens is 184 g/mol. The van der Waals surface area contributed by atoms with Gasteiger partial charge in [0, 0.05) is 6.92 Å². The van der Waals surface area contributed by atoms with Gasteiger partial charge in [0.25, 0.3) is 0 Å². The molecule has 0 unspecified atom stereocenters. The Morgan fingerprint density at radius 3 is 2.93 bits per heavy atom. The van der Waals surface area contributed by atoms with Crippen molar-refractivity contribution in [3.8, 4) is 11.5 Å². The van der Waals surface area contributed by atoms with Gasteiger partial charge in [0.2, 0.25) is 11.7 Å². The van der Waals surface area contributed by atoms with Crippen molar-refractivity contribution in [3.63, 3.8) is 0 Å². The summed E-state index contributed by atoms with van der Waals surface area (Å²) in [5.74, 6) is 1.57. The van der Waals surface area contributed by atoms with Crippen LogP contribution in [0.5, 0.6) is 0 Å². The van der Waals surface area contributed by atoms with Crippen LogP contribution in [0, 0.1) is 6.92 Å². The second kappa shape index (κ2) is 3.59. The summed E-state index contributed by atoms with van der Waals surface area (Å²) in [6, 6.07) is 0. The molecule has 0 aliphatic heterocycles. The van der Waals surface area contributed by atoms with Gasteiger partial charge in [-0.2, -0.15) is 4.98 Å². The fourth-order valence-corrected chi connectivity index (χ4v) is 1.05. The lowest BCUT2D eigenvalue weighted by Gasteiger charge is -1.86. The van der Waals surface area contributed by atoms with E-state index >= 15 is 0 Å². The van der Waals surface area contributed by atoms with Gasteiger partial charge in [0.15, 0.2) is 5.89 Å². The molecule has 0 amide bonds. The van der Waals surface area contributed by atoms with E-state index in [1.54, 1.807) is 6.92 Å². The molecule has 14 heavy (non-hydrogen) atoms. The largest absolute Gasteiger partial charge is 0.449 e. The summed E-state index contributed by atoms with van der Waals surface area (Å²) in [5, 5.41) is 6.68. The predicted molar refractivity (Wildman–Crippen MR) is 47.3 cm³/mol. The van der Waals surface area contributed by atoms with E-state index in [-0.39, 0.29) is 0 Å². The highest BCUT2D eigenvalue weighted by Crippen LogP contribution is 2.14. The van der Waals surface area contributed by atoms with Gasteiger partial charge in [-0.3, -0.25) is 0 Å². The fraction of sp³-hybridized carbons (Fsp3) is 0.375. The quantitative estimate of drug-likeness (QED) is 0.776. The highest BCUT2D eigenvalue weighted by Gasteiger charge is 2.11. The summed E-state index contributed by atoms with van der Waals surface area (Å²) < 4.78 is 10.0. The monoisotopic (exact) mass is 194 g/mol. The first-order valence-electron chi connectivity index (χ1n) is 4.19. The maximum absolute atomic E-state index is 5.04. The molecule has 0 aliphatic rings. The normalized spacial score (nSPS) is 10.7. The van der Waals surface area contributed by atoms with Crippen LogP contribution in [0.4, 0.5) is 0 Å². The minimum atomic E-state index is 0.451. The molecule has 0 atom stereocenters. The molecule has 0 saturated heterocycles. The molecule has 0 spiro atoms. The van der Waals surface area contributed by atoms with Gasteiger partial charge in [-0.25, -0.2) is 4.98 Å². The van der Waals surface area contributed by atoms with Crippen LogP contribution in [0.3, 0.4) is 0 Å². The van der Waals surface area contributed by atoms with Crippen molar-refractivity contribution in [2.24, 2.45) is 0 Å². The number of hydrogen-bond acceptors (Lipinski definition) is 6. The molecule has 0 aliphatic carbocycles. The standard InChI is InChI=1S/C8H10N4O2/c1-5-10-6(4-13-5)8-11-7(3-9-2)14-12-8/h4,9H,3H2,1-2H3. The summed E-state index contributed by atoms with van der Waals surface area (Å²) >= 11 is 0. The Morgan fingerprint density at radius 2 is 2.29 bits per heavy atom. The van der Waals surface area contributed by atoms with Crippen molar-refractivity contribution < 1.29 is 8.94 Å². The second-order valence-corrected chi connectivity index (χ2v) is 2.79. The molecule has 2 aromatic rings. The van der Waals surface area contributed by atoms with Crippen LogP contribution >= 0.6 is 0 Å². The molecule has 2 rings (SSSR count). The van der Waals surface area contributed by atoms with Gasteiger partial charge >= 0.3 is 0 Å². The highest BCUT2D eigenvalue weighted by molar-refractivity contribution is 5.45. The van der Waals surface area contributed by atoms with E-state index in [1.807, 2.05) is 7.05 Å². The number of aromatic nitrogens is 3. The summed E-state index contributed by atoms with van der Waals surface area (Å²) in [6.07, 6.45) is 1.50. The van der Waals surface area contributed by atoms with Crippen molar-refractivity contribution in [1.82, 2.24) is 20.4 Å². The van der Waals surface area contributed by atoms with Crippen molar-refractivity contribution >= 4 is 0 Å². The minimum Gasteiger partial charge on any atom is -0.449 e. The molecular formula is C8H10N4O2. The van der Waals surface area contributed by atoms with Gasteiger partial charge in [-0.1, -0.05) is 5.16 Å². The zero-order chi connectivity index (χ0) is 9.97.